The molecule has 206 valence electrons. The van der Waals surface area contributed by atoms with Gasteiger partial charge in [0.2, 0.25) is 15.9 Å². The van der Waals surface area contributed by atoms with Gasteiger partial charge in [0, 0.05) is 25.0 Å². The largest absolute Gasteiger partial charge is 0.507 e. The molecule has 0 saturated heterocycles. The first kappa shape index (κ1) is 28.3. The first-order valence-electron chi connectivity index (χ1n) is 12.9. The van der Waals surface area contributed by atoms with Crippen LogP contribution in [0.15, 0.2) is 65.7 Å². The monoisotopic (exact) mass is 551 g/mol. The molecule has 4 rings (SSSR count). The first-order valence-corrected chi connectivity index (χ1v) is 14.3. The van der Waals surface area contributed by atoms with Crippen LogP contribution in [0.1, 0.15) is 65.2 Å². The molecule has 0 bridgehead atoms. The number of aryl methyl sites for hydroxylation is 1. The number of anilines is 1. The molecule has 2 N–H and O–H groups in total. The second kappa shape index (κ2) is 12.0. The van der Waals surface area contributed by atoms with Crippen LogP contribution in [0.5, 0.6) is 5.75 Å². The zero-order chi connectivity index (χ0) is 28.2. The Morgan fingerprint density at radius 3 is 2.28 bits per heavy atom. The van der Waals surface area contributed by atoms with Crippen molar-refractivity contribution in [1.29, 1.82) is 0 Å². The van der Waals surface area contributed by atoms with Crippen molar-refractivity contribution in [2.24, 2.45) is 0 Å². The van der Waals surface area contributed by atoms with Gasteiger partial charge < -0.3 is 15.1 Å². The number of carboxylic acid groups (broad SMARTS) is 1. The number of sulfonamides is 1. The average Bonchev–Trinajstić information content (AvgIpc) is 2.92. The minimum absolute atomic E-state index is 0.00799. The molecule has 1 amide bonds. The van der Waals surface area contributed by atoms with Crippen LogP contribution in [-0.2, 0) is 21.4 Å². The number of pyridine rings is 1. The van der Waals surface area contributed by atoms with Crippen molar-refractivity contribution in [1.82, 2.24) is 9.29 Å². The third-order valence-electron chi connectivity index (χ3n) is 7.16. The van der Waals surface area contributed by atoms with Gasteiger partial charge in [-0.25, -0.2) is 13.2 Å². The van der Waals surface area contributed by atoms with Crippen molar-refractivity contribution in [3.05, 3.63) is 83.2 Å². The van der Waals surface area contributed by atoms with E-state index in [9.17, 15) is 28.2 Å². The van der Waals surface area contributed by atoms with Crippen molar-refractivity contribution >= 4 is 27.6 Å². The van der Waals surface area contributed by atoms with E-state index in [0.717, 1.165) is 28.3 Å². The topological polar surface area (TPSA) is 128 Å². The second-order valence-electron chi connectivity index (χ2n) is 9.98. The number of likely N-dealkylation sites (N-methyl/N-ethyl adjacent to an activating group) is 1. The highest BCUT2D eigenvalue weighted by Gasteiger charge is 2.27. The Morgan fingerprint density at radius 1 is 1.00 bits per heavy atom. The molecule has 2 aromatic carbocycles. The van der Waals surface area contributed by atoms with E-state index in [0.29, 0.717) is 11.6 Å². The van der Waals surface area contributed by atoms with Gasteiger partial charge in [-0.1, -0.05) is 43.0 Å². The Labute approximate surface area is 228 Å². The third kappa shape index (κ3) is 6.63. The Bertz CT molecular complexity index is 1430. The number of benzene rings is 2. The SMILES string of the molecule is Cc1ccc(S(=O)(=O)N(C)CC(=O)N(Cc2ccc(C3CCCCC3)cn2)c2ccc(C(=O)O)c(O)c2)cc1. The molecule has 1 aromatic heterocycles. The Morgan fingerprint density at radius 2 is 1.69 bits per heavy atom. The van der Waals surface area contributed by atoms with Crippen molar-refractivity contribution < 1.29 is 28.2 Å². The highest BCUT2D eigenvalue weighted by Crippen LogP contribution is 2.32. The summed E-state index contributed by atoms with van der Waals surface area (Å²) in [7, 11) is -2.61. The quantitative estimate of drug-likeness (QED) is 0.395. The number of nitrogens with zero attached hydrogens (tertiary/aromatic N) is 3. The Hall–Kier alpha value is -3.76. The van der Waals surface area contributed by atoms with Gasteiger partial charge in [0.1, 0.15) is 11.3 Å². The fourth-order valence-corrected chi connectivity index (χ4v) is 5.93. The van der Waals surface area contributed by atoms with Crippen LogP contribution in [0.3, 0.4) is 0 Å². The standard InChI is InChI=1S/C29H33N3O6S/c1-20-8-13-25(14-9-20)39(37,38)31(2)19-28(34)32(24-12-15-26(29(35)36)27(33)16-24)18-23-11-10-22(17-30-23)21-6-4-3-5-7-21/h8-17,21,33H,3-7,18-19H2,1-2H3,(H,35,36). The number of aromatic nitrogens is 1. The van der Waals surface area contributed by atoms with Gasteiger partial charge in [-0.05, 0) is 61.6 Å². The molecule has 0 radical (unpaired) electrons. The summed E-state index contributed by atoms with van der Waals surface area (Å²) in [5, 5.41) is 19.6. The summed E-state index contributed by atoms with van der Waals surface area (Å²) in [6.07, 6.45) is 7.73. The maximum Gasteiger partial charge on any atom is 0.339 e. The molecule has 0 spiro atoms. The summed E-state index contributed by atoms with van der Waals surface area (Å²) in [5.41, 5.74) is 2.56. The van der Waals surface area contributed by atoms with Crippen LogP contribution in [0, 0.1) is 6.92 Å². The van der Waals surface area contributed by atoms with Crippen LogP contribution in [0.25, 0.3) is 0 Å². The molecule has 10 heteroatoms. The predicted molar refractivity (Wildman–Crippen MR) is 147 cm³/mol. The zero-order valence-corrected chi connectivity index (χ0v) is 22.9. The average molecular weight is 552 g/mol. The van der Waals surface area contributed by atoms with Gasteiger partial charge in [0.25, 0.3) is 0 Å². The number of carbonyl (C=O) groups is 2. The molecule has 1 fully saturated rings. The molecule has 9 nitrogen and oxygen atoms in total. The smallest absolute Gasteiger partial charge is 0.339 e. The summed E-state index contributed by atoms with van der Waals surface area (Å²) in [5.74, 6) is -1.90. The van der Waals surface area contributed by atoms with E-state index in [4.69, 9.17) is 0 Å². The van der Waals surface area contributed by atoms with Gasteiger partial charge in [-0.15, -0.1) is 0 Å². The minimum atomic E-state index is -3.94. The number of phenols is 1. The first-order chi connectivity index (χ1) is 18.6. The molecule has 39 heavy (non-hydrogen) atoms. The number of amides is 1. The number of hydrogen-bond acceptors (Lipinski definition) is 6. The molecular formula is C29H33N3O6S. The van der Waals surface area contributed by atoms with Crippen molar-refractivity contribution in [2.45, 2.75) is 56.4 Å². The lowest BCUT2D eigenvalue weighted by molar-refractivity contribution is -0.118. The van der Waals surface area contributed by atoms with Gasteiger partial charge in [-0.3, -0.25) is 9.78 Å². The van der Waals surface area contributed by atoms with Gasteiger partial charge >= 0.3 is 5.97 Å². The van der Waals surface area contributed by atoms with Gasteiger partial charge in [0.15, 0.2) is 0 Å². The van der Waals surface area contributed by atoms with Crippen molar-refractivity contribution in [2.75, 3.05) is 18.5 Å². The summed E-state index contributed by atoms with van der Waals surface area (Å²) >= 11 is 0. The number of hydrogen-bond donors (Lipinski definition) is 2. The maximum absolute atomic E-state index is 13.5. The minimum Gasteiger partial charge on any atom is -0.507 e. The fourth-order valence-electron chi connectivity index (χ4n) is 4.81. The predicted octanol–water partition coefficient (Wildman–Crippen LogP) is 4.70. The number of rotatable bonds is 9. The van der Waals surface area contributed by atoms with Crippen molar-refractivity contribution in [3.8, 4) is 5.75 Å². The molecular weight excluding hydrogens is 518 g/mol. The van der Waals surface area contributed by atoms with Crippen LogP contribution in [-0.4, -0.2) is 53.4 Å². The summed E-state index contributed by atoms with van der Waals surface area (Å²) in [6.45, 7) is 1.38. The number of carbonyl (C=O) groups excluding carboxylic acids is 1. The van der Waals surface area contributed by atoms with Crippen LogP contribution >= 0.6 is 0 Å². The molecule has 0 unspecified atom stereocenters. The lowest BCUT2D eigenvalue weighted by Gasteiger charge is -2.26. The third-order valence-corrected chi connectivity index (χ3v) is 8.97. The molecule has 1 heterocycles. The van der Waals surface area contributed by atoms with E-state index >= 15 is 0 Å². The van der Waals surface area contributed by atoms with Crippen molar-refractivity contribution in [3.63, 3.8) is 0 Å². The van der Waals surface area contributed by atoms with Gasteiger partial charge in [0.05, 0.1) is 23.7 Å². The molecule has 1 aliphatic carbocycles. The van der Waals surface area contributed by atoms with E-state index in [1.807, 2.05) is 25.3 Å². The summed E-state index contributed by atoms with van der Waals surface area (Å²) < 4.78 is 27.2. The Kier molecular flexibility index (Phi) is 8.66. The maximum atomic E-state index is 13.5. The number of carboxylic acids is 1. The number of aromatic carboxylic acids is 1. The molecule has 1 aliphatic rings. The van der Waals surface area contributed by atoms with E-state index in [-0.39, 0.29) is 22.7 Å². The zero-order valence-electron chi connectivity index (χ0n) is 22.1. The van der Waals surface area contributed by atoms with Crippen LogP contribution < -0.4 is 4.90 Å². The van der Waals surface area contributed by atoms with Crippen LogP contribution in [0.2, 0.25) is 0 Å². The molecule has 0 aliphatic heterocycles. The summed E-state index contributed by atoms with van der Waals surface area (Å²) in [6, 6.07) is 14.0. The normalized spacial score (nSPS) is 14.3. The van der Waals surface area contributed by atoms with Gasteiger partial charge in [-0.2, -0.15) is 4.31 Å². The second-order valence-corrected chi connectivity index (χ2v) is 12.0. The van der Waals surface area contributed by atoms with Crippen LogP contribution in [0.4, 0.5) is 5.69 Å². The lowest BCUT2D eigenvalue weighted by Crippen LogP contribution is -2.41. The lowest BCUT2D eigenvalue weighted by atomic mass is 9.85. The fraction of sp³-hybridized carbons (Fsp3) is 0.345. The van der Waals surface area contributed by atoms with E-state index in [1.165, 1.54) is 61.5 Å². The summed E-state index contributed by atoms with van der Waals surface area (Å²) in [4.78, 5) is 30.8. The van der Waals surface area contributed by atoms with E-state index in [2.05, 4.69) is 4.98 Å². The number of aromatic hydroxyl groups is 1. The van der Waals surface area contributed by atoms with E-state index < -0.39 is 34.2 Å². The van der Waals surface area contributed by atoms with E-state index in [1.54, 1.807) is 12.1 Å². The molecule has 1 saturated carbocycles. The Balaban J connectivity index is 1.60. The molecule has 3 aromatic rings. The highest BCUT2D eigenvalue weighted by molar-refractivity contribution is 7.89. The highest BCUT2D eigenvalue weighted by atomic mass is 32.2. The molecule has 0 atom stereocenters.